The van der Waals surface area contributed by atoms with Crippen molar-refractivity contribution in [1.82, 2.24) is 21.3 Å². The Hall–Kier alpha value is -3.76. The number of anilines is 1. The van der Waals surface area contributed by atoms with Crippen LogP contribution in [0.1, 0.15) is 58.9 Å². The Morgan fingerprint density at radius 1 is 1.07 bits per heavy atom. The van der Waals surface area contributed by atoms with Gasteiger partial charge in [-0.3, -0.25) is 23.7 Å². The van der Waals surface area contributed by atoms with Crippen LogP contribution < -0.4 is 32.3 Å². The van der Waals surface area contributed by atoms with Gasteiger partial charge in [-0.25, -0.2) is 4.79 Å². The maximum atomic E-state index is 13.4. The van der Waals surface area contributed by atoms with Crippen LogP contribution in [0.2, 0.25) is 0 Å². The number of primary amides is 1. The fourth-order valence-electron chi connectivity index (χ4n) is 4.45. The molecule has 8 N–H and O–H groups in total. The molecule has 2 unspecified atom stereocenters. The number of hydrogen-bond acceptors (Lipinski definition) is 9. The Kier molecular flexibility index (Phi) is 12.9. The summed E-state index contributed by atoms with van der Waals surface area (Å²) in [5, 5.41) is 11.8. The van der Waals surface area contributed by atoms with Crippen molar-refractivity contribution in [3.05, 3.63) is 29.8 Å². The molecule has 240 valence electrons. The normalized spacial score (nSPS) is 19.1. The van der Waals surface area contributed by atoms with Gasteiger partial charge in [-0.05, 0) is 49.4 Å². The van der Waals surface area contributed by atoms with Crippen LogP contribution >= 0.6 is 0 Å². The van der Waals surface area contributed by atoms with Crippen LogP contribution in [0.3, 0.4) is 0 Å². The molecule has 1 saturated carbocycles. The lowest BCUT2D eigenvalue weighted by atomic mass is 10.0. The number of amides is 5. The van der Waals surface area contributed by atoms with E-state index in [2.05, 4.69) is 26.6 Å². The maximum Gasteiger partial charge on any atom is 0.312 e. The molecule has 2 rings (SSSR count). The van der Waals surface area contributed by atoms with Gasteiger partial charge in [-0.1, -0.05) is 39.8 Å². The van der Waals surface area contributed by atoms with Gasteiger partial charge >= 0.3 is 12.0 Å². The molecular weight excluding hydrogens is 584 g/mol. The molecular formula is C27H42N6O9S. The van der Waals surface area contributed by atoms with Gasteiger partial charge in [0.1, 0.15) is 29.5 Å². The van der Waals surface area contributed by atoms with E-state index < -0.39 is 62.7 Å². The molecule has 1 aromatic rings. The molecule has 1 aliphatic carbocycles. The lowest BCUT2D eigenvalue weighted by molar-refractivity contribution is -0.144. The molecule has 16 heteroatoms. The second-order valence-corrected chi connectivity index (χ2v) is 12.2. The third-order valence-electron chi connectivity index (χ3n) is 6.90. The molecule has 43 heavy (non-hydrogen) atoms. The van der Waals surface area contributed by atoms with E-state index in [1.165, 1.54) is 0 Å². The minimum absolute atomic E-state index is 0.0782. The number of benzene rings is 1. The minimum atomic E-state index is -4.51. The smallest absolute Gasteiger partial charge is 0.312 e. The van der Waals surface area contributed by atoms with E-state index in [-0.39, 0.29) is 51.3 Å². The third-order valence-corrected chi connectivity index (χ3v) is 8.19. The van der Waals surface area contributed by atoms with Gasteiger partial charge in [0.15, 0.2) is 0 Å². The SMILES string of the molecule is CCNC1(C(=O)N[C@H](C(=O)N[C@@H](CCCNC(N)=O)C(=O)Nc2ccc(COC(=O)CC)cc2)C(C)C)CC1S(=O)(=O)O. The van der Waals surface area contributed by atoms with Crippen LogP contribution in [0.15, 0.2) is 24.3 Å². The summed E-state index contributed by atoms with van der Waals surface area (Å²) in [4.78, 5) is 62.2. The monoisotopic (exact) mass is 626 g/mol. The molecule has 0 aliphatic heterocycles. The van der Waals surface area contributed by atoms with Crippen molar-refractivity contribution in [2.24, 2.45) is 11.7 Å². The first-order chi connectivity index (χ1) is 20.1. The zero-order valence-corrected chi connectivity index (χ0v) is 25.6. The summed E-state index contributed by atoms with van der Waals surface area (Å²) in [6.07, 6.45) is 0.476. The average molecular weight is 627 g/mol. The van der Waals surface area contributed by atoms with Gasteiger partial charge < -0.3 is 37.1 Å². The second-order valence-electron chi connectivity index (χ2n) is 10.6. The first kappa shape index (κ1) is 35.4. The number of hydrogen-bond donors (Lipinski definition) is 7. The first-order valence-corrected chi connectivity index (χ1v) is 15.6. The number of carbonyl (C=O) groups excluding carboxylic acids is 5. The Morgan fingerprint density at radius 2 is 1.72 bits per heavy atom. The standard InChI is InChI=1S/C27H42N6O9S/c1-5-21(34)42-15-17-9-11-18(12-10-17)31-23(35)19(8-7-13-29-26(28)38)32-24(36)22(16(3)4)33-25(37)27(30-6-2)14-20(27)43(39,40)41/h9-12,16,19-20,22,30H,5-8,13-15H2,1-4H3,(H,31,35)(H,32,36)(H,33,37)(H3,28,29,38)(H,39,40,41)/t19-,20?,22-,27?/m0/s1. The summed E-state index contributed by atoms with van der Waals surface area (Å²) in [6.45, 7) is 7.16. The highest BCUT2D eigenvalue weighted by molar-refractivity contribution is 7.86. The molecule has 1 aromatic carbocycles. The van der Waals surface area contributed by atoms with Crippen molar-refractivity contribution in [3.8, 4) is 0 Å². The van der Waals surface area contributed by atoms with Gasteiger partial charge in [-0.15, -0.1) is 0 Å². The summed E-state index contributed by atoms with van der Waals surface area (Å²) < 4.78 is 38.1. The lowest BCUT2D eigenvalue weighted by Crippen LogP contribution is -2.59. The van der Waals surface area contributed by atoms with Gasteiger partial charge in [0.25, 0.3) is 10.1 Å². The van der Waals surface area contributed by atoms with Gasteiger partial charge in [-0.2, -0.15) is 8.42 Å². The van der Waals surface area contributed by atoms with Gasteiger partial charge in [0.05, 0.1) is 0 Å². The molecule has 0 heterocycles. The van der Waals surface area contributed by atoms with E-state index in [1.54, 1.807) is 52.0 Å². The molecule has 4 atom stereocenters. The Morgan fingerprint density at radius 3 is 2.23 bits per heavy atom. The van der Waals surface area contributed by atoms with Crippen LogP contribution in [-0.4, -0.2) is 78.7 Å². The quantitative estimate of drug-likeness (QED) is 0.0703. The van der Waals surface area contributed by atoms with Crippen LogP contribution in [-0.2, 0) is 40.6 Å². The molecule has 15 nitrogen and oxygen atoms in total. The topological polar surface area (TPSA) is 235 Å². The predicted octanol–water partition coefficient (Wildman–Crippen LogP) is 0.161. The number of carbonyl (C=O) groups is 5. The highest BCUT2D eigenvalue weighted by Gasteiger charge is 2.66. The van der Waals surface area contributed by atoms with Gasteiger partial charge in [0, 0.05) is 18.7 Å². The lowest BCUT2D eigenvalue weighted by Gasteiger charge is -2.27. The largest absolute Gasteiger partial charge is 0.461 e. The highest BCUT2D eigenvalue weighted by atomic mass is 32.2. The van der Waals surface area contributed by atoms with Crippen LogP contribution in [0.5, 0.6) is 0 Å². The van der Waals surface area contributed by atoms with Crippen molar-refractivity contribution in [2.45, 2.75) is 82.9 Å². The number of likely N-dealkylation sites (N-methyl/N-ethyl adjacent to an activating group) is 1. The number of ether oxygens (including phenoxy) is 1. The van der Waals surface area contributed by atoms with Crippen molar-refractivity contribution in [3.63, 3.8) is 0 Å². The minimum Gasteiger partial charge on any atom is -0.461 e. The summed E-state index contributed by atoms with van der Waals surface area (Å²) in [7, 11) is -4.51. The van der Waals surface area contributed by atoms with Crippen LogP contribution in [0.25, 0.3) is 0 Å². The Balaban J connectivity index is 2.15. The molecule has 1 aliphatic rings. The van der Waals surface area contributed by atoms with Crippen LogP contribution in [0, 0.1) is 5.92 Å². The van der Waals surface area contributed by atoms with E-state index in [1.807, 2.05) is 0 Å². The van der Waals surface area contributed by atoms with E-state index in [0.717, 1.165) is 0 Å². The van der Waals surface area contributed by atoms with Crippen molar-refractivity contribution in [2.75, 3.05) is 18.4 Å². The number of rotatable bonds is 17. The van der Waals surface area contributed by atoms with E-state index in [0.29, 0.717) is 11.3 Å². The van der Waals surface area contributed by atoms with Crippen molar-refractivity contribution >= 4 is 45.5 Å². The summed E-state index contributed by atoms with van der Waals surface area (Å²) in [6, 6.07) is 3.60. The summed E-state index contributed by atoms with van der Waals surface area (Å²) >= 11 is 0. The zero-order valence-electron chi connectivity index (χ0n) is 24.8. The molecule has 0 aromatic heterocycles. The third kappa shape index (κ3) is 10.5. The number of nitrogens with two attached hydrogens (primary N) is 1. The van der Waals surface area contributed by atoms with Crippen molar-refractivity contribution in [1.29, 1.82) is 0 Å². The first-order valence-electron chi connectivity index (χ1n) is 14.1. The van der Waals surface area contributed by atoms with Crippen molar-refractivity contribution < 1.29 is 41.7 Å². The fraction of sp³-hybridized carbons (Fsp3) is 0.593. The number of urea groups is 1. The molecule has 5 amide bonds. The predicted molar refractivity (Wildman–Crippen MR) is 157 cm³/mol. The summed E-state index contributed by atoms with van der Waals surface area (Å²) in [5.74, 6) is -2.81. The van der Waals surface area contributed by atoms with Crippen LogP contribution in [0.4, 0.5) is 10.5 Å². The second kappa shape index (κ2) is 15.6. The average Bonchev–Trinajstić information content (AvgIpc) is 3.68. The fourth-order valence-corrected chi connectivity index (χ4v) is 5.62. The summed E-state index contributed by atoms with van der Waals surface area (Å²) in [5.41, 5.74) is 4.65. The molecule has 0 bridgehead atoms. The Labute approximate surface area is 251 Å². The Bertz CT molecular complexity index is 1270. The van der Waals surface area contributed by atoms with Gasteiger partial charge in [0.2, 0.25) is 17.7 Å². The van der Waals surface area contributed by atoms with E-state index >= 15 is 0 Å². The van der Waals surface area contributed by atoms with E-state index in [4.69, 9.17) is 10.5 Å². The molecule has 0 spiro atoms. The maximum absolute atomic E-state index is 13.4. The molecule has 1 fully saturated rings. The molecule has 0 radical (unpaired) electrons. The number of esters is 1. The highest BCUT2D eigenvalue weighted by Crippen LogP contribution is 2.42. The number of nitrogens with one attached hydrogen (secondary N) is 5. The molecule has 0 saturated heterocycles. The van der Waals surface area contributed by atoms with E-state index in [9.17, 15) is 36.9 Å². The zero-order chi connectivity index (χ0) is 32.4.